The van der Waals surface area contributed by atoms with Crippen LogP contribution in [0.2, 0.25) is 0 Å². The molecule has 1 aliphatic rings. The Hall–Kier alpha value is -1.99. The molecule has 0 fully saturated rings. The van der Waals surface area contributed by atoms with Gasteiger partial charge in [0.1, 0.15) is 0 Å². The van der Waals surface area contributed by atoms with E-state index in [9.17, 15) is 0 Å². The number of allylic oxidation sites excluding steroid dienone is 2. The van der Waals surface area contributed by atoms with Gasteiger partial charge in [0.15, 0.2) is 0 Å². The van der Waals surface area contributed by atoms with E-state index in [1.54, 1.807) is 0 Å². The first-order valence-electron chi connectivity index (χ1n) is 6.34. The van der Waals surface area contributed by atoms with Crippen LogP contribution in [-0.4, -0.2) is 10.7 Å². The second-order valence-corrected chi connectivity index (χ2v) is 7.18. The van der Waals surface area contributed by atoms with E-state index in [1.807, 2.05) is 0 Å². The number of rotatable bonds is 2. The molecule has 1 heteroatoms. The van der Waals surface area contributed by atoms with Crippen LogP contribution >= 0.6 is 9.21 Å². The highest BCUT2D eigenvalue weighted by Crippen LogP contribution is 2.33. The third-order valence-electron chi connectivity index (χ3n) is 3.02. The van der Waals surface area contributed by atoms with Crippen LogP contribution < -0.4 is 0 Å². The summed E-state index contributed by atoms with van der Waals surface area (Å²) in [6.07, 6.45) is 4.29. The number of hydrogen-bond donors (Lipinski definition) is 0. The van der Waals surface area contributed by atoms with Gasteiger partial charge in [-0.15, -0.1) is 0 Å². The lowest BCUT2D eigenvalue weighted by Gasteiger charge is -2.07. The molecule has 19 heavy (non-hydrogen) atoms. The summed E-state index contributed by atoms with van der Waals surface area (Å²) in [7, 11) is -1.08. The summed E-state index contributed by atoms with van der Waals surface area (Å²) in [5, 5.41) is 9.38. The average Bonchev–Trinajstić information content (AvgIpc) is 2.89. The molecule has 2 aromatic rings. The molecule has 3 rings (SSSR count). The molecular formula is C18H16S. The SMILES string of the molecule is C1=CS(=Cc2ccccc2)(=Cc2ccccc2)C=C1. The van der Waals surface area contributed by atoms with Gasteiger partial charge in [-0.3, -0.25) is 0 Å². The molecule has 2 aromatic carbocycles. The molecule has 0 aliphatic carbocycles. The van der Waals surface area contributed by atoms with Gasteiger partial charge in [0.25, 0.3) is 0 Å². The Kier molecular flexibility index (Phi) is 3.39. The zero-order chi connectivity index (χ0) is 13.0. The topological polar surface area (TPSA) is 0 Å². The van der Waals surface area contributed by atoms with Crippen molar-refractivity contribution in [2.75, 3.05) is 0 Å². The standard InChI is InChI=1S/C18H16S/c1-3-9-17(10-4-1)15-19(13-7-8-14-19)16-18-11-5-2-6-12-18/h1-16H. The predicted octanol–water partition coefficient (Wildman–Crippen LogP) is 4.53. The van der Waals surface area contributed by atoms with E-state index < -0.39 is 9.21 Å². The monoisotopic (exact) mass is 264 g/mol. The van der Waals surface area contributed by atoms with Crippen molar-refractivity contribution in [2.45, 2.75) is 0 Å². The zero-order valence-corrected chi connectivity index (χ0v) is 11.5. The third-order valence-corrected chi connectivity index (χ3v) is 5.64. The van der Waals surface area contributed by atoms with Gasteiger partial charge >= 0.3 is 0 Å². The Bertz CT molecular complexity index is 656. The lowest BCUT2D eigenvalue weighted by Crippen LogP contribution is -1.86. The van der Waals surface area contributed by atoms with Crippen molar-refractivity contribution in [2.24, 2.45) is 0 Å². The molecule has 0 nitrogen and oxygen atoms in total. The van der Waals surface area contributed by atoms with Crippen LogP contribution in [0.5, 0.6) is 0 Å². The first kappa shape index (κ1) is 12.1. The molecule has 0 unspecified atom stereocenters. The van der Waals surface area contributed by atoms with E-state index in [-0.39, 0.29) is 0 Å². The van der Waals surface area contributed by atoms with Crippen molar-refractivity contribution in [1.82, 2.24) is 0 Å². The van der Waals surface area contributed by atoms with Gasteiger partial charge in [0.05, 0.1) is 0 Å². The fourth-order valence-corrected chi connectivity index (χ4v) is 4.59. The van der Waals surface area contributed by atoms with Crippen LogP contribution in [0.15, 0.2) is 83.6 Å². The van der Waals surface area contributed by atoms with Crippen molar-refractivity contribution in [3.63, 3.8) is 0 Å². The van der Waals surface area contributed by atoms with Crippen molar-refractivity contribution < 1.29 is 0 Å². The van der Waals surface area contributed by atoms with E-state index in [1.165, 1.54) is 11.1 Å². The van der Waals surface area contributed by atoms with Crippen molar-refractivity contribution in [1.29, 1.82) is 0 Å². The number of benzene rings is 2. The highest BCUT2D eigenvalue weighted by molar-refractivity contribution is 8.34. The summed E-state index contributed by atoms with van der Waals surface area (Å²) >= 11 is 0. The van der Waals surface area contributed by atoms with Gasteiger partial charge in [-0.2, -0.15) is 9.21 Å². The van der Waals surface area contributed by atoms with E-state index in [4.69, 9.17) is 0 Å². The molecule has 0 saturated carbocycles. The normalized spacial score (nSPS) is 15.4. The summed E-state index contributed by atoms with van der Waals surface area (Å²) in [6, 6.07) is 21.1. The largest absolute Gasteiger partial charge is 0.159 e. The lowest BCUT2D eigenvalue weighted by molar-refractivity contribution is 1.69. The molecule has 0 N–H and O–H groups in total. The van der Waals surface area contributed by atoms with Crippen LogP contribution in [0.4, 0.5) is 0 Å². The van der Waals surface area contributed by atoms with E-state index in [0.29, 0.717) is 0 Å². The van der Waals surface area contributed by atoms with Crippen LogP contribution in [-0.2, 0) is 0 Å². The maximum absolute atomic E-state index is 2.38. The molecular weight excluding hydrogens is 248 g/mol. The molecule has 0 radical (unpaired) electrons. The Morgan fingerprint density at radius 3 is 1.42 bits per heavy atom. The average molecular weight is 264 g/mol. The molecule has 0 bridgehead atoms. The van der Waals surface area contributed by atoms with E-state index in [2.05, 4.69) is 94.4 Å². The second-order valence-electron chi connectivity index (χ2n) is 4.53. The van der Waals surface area contributed by atoms with Gasteiger partial charge in [0.2, 0.25) is 0 Å². The predicted molar refractivity (Wildman–Crippen MR) is 89.1 cm³/mol. The molecule has 1 aliphatic heterocycles. The Balaban J connectivity index is 2.17. The van der Waals surface area contributed by atoms with E-state index in [0.717, 1.165) is 0 Å². The Morgan fingerprint density at radius 2 is 1.00 bits per heavy atom. The summed E-state index contributed by atoms with van der Waals surface area (Å²) in [5.41, 5.74) is 2.56. The minimum atomic E-state index is -1.08. The summed E-state index contributed by atoms with van der Waals surface area (Å²) in [4.78, 5) is 0. The fraction of sp³-hybridized carbons (Fsp3) is 0. The second kappa shape index (κ2) is 5.33. The van der Waals surface area contributed by atoms with Crippen molar-refractivity contribution in [3.05, 3.63) is 94.8 Å². The fourth-order valence-electron chi connectivity index (χ4n) is 2.13. The zero-order valence-electron chi connectivity index (χ0n) is 10.6. The highest BCUT2D eigenvalue weighted by atomic mass is 32.2. The van der Waals surface area contributed by atoms with Gasteiger partial charge in [-0.1, -0.05) is 72.8 Å². The van der Waals surface area contributed by atoms with Crippen LogP contribution in [0.3, 0.4) is 0 Å². The summed E-state index contributed by atoms with van der Waals surface area (Å²) < 4.78 is 0. The molecule has 94 valence electrons. The maximum Gasteiger partial charge on any atom is -0.0200 e. The van der Waals surface area contributed by atoms with E-state index >= 15 is 0 Å². The molecule has 0 amide bonds. The smallest absolute Gasteiger partial charge is 0.0200 e. The van der Waals surface area contributed by atoms with Gasteiger partial charge < -0.3 is 0 Å². The molecule has 0 atom stereocenters. The quantitative estimate of drug-likeness (QED) is 0.699. The van der Waals surface area contributed by atoms with Crippen LogP contribution in [0.1, 0.15) is 11.1 Å². The molecule has 0 spiro atoms. The molecule has 1 heterocycles. The Morgan fingerprint density at radius 1 is 0.579 bits per heavy atom. The van der Waals surface area contributed by atoms with Gasteiger partial charge in [-0.25, -0.2) is 0 Å². The van der Waals surface area contributed by atoms with Gasteiger partial charge in [-0.05, 0) is 32.7 Å². The third kappa shape index (κ3) is 2.88. The maximum atomic E-state index is 2.38. The molecule has 0 aromatic heterocycles. The number of hydrogen-bond acceptors (Lipinski definition) is 0. The van der Waals surface area contributed by atoms with Crippen LogP contribution in [0, 0.1) is 0 Å². The molecule has 0 saturated heterocycles. The Labute approximate surface area is 115 Å². The highest BCUT2D eigenvalue weighted by Gasteiger charge is 2.00. The first-order chi connectivity index (χ1) is 9.36. The van der Waals surface area contributed by atoms with Crippen molar-refractivity contribution in [3.8, 4) is 0 Å². The summed E-state index contributed by atoms with van der Waals surface area (Å²) in [5.74, 6) is 0. The minimum absolute atomic E-state index is 1.08. The first-order valence-corrected chi connectivity index (χ1v) is 8.23. The van der Waals surface area contributed by atoms with Crippen LogP contribution in [0.25, 0.3) is 0 Å². The van der Waals surface area contributed by atoms with Gasteiger partial charge in [0, 0.05) is 0 Å². The summed E-state index contributed by atoms with van der Waals surface area (Å²) in [6.45, 7) is 0. The minimum Gasteiger partial charge on any atom is -0.159 e. The lowest BCUT2D eigenvalue weighted by atomic mass is 10.2. The van der Waals surface area contributed by atoms with Crippen molar-refractivity contribution >= 4 is 19.9 Å².